The first-order valence-corrected chi connectivity index (χ1v) is 13.0. The third-order valence-corrected chi connectivity index (χ3v) is 7.26. The SMILES string of the molecule is OCC1OC(OC2=CC(O)=CC3OC(c4ccc(O)cc4)=C(OC4OC(CO)C(O)C(O)C4O)C=C23)C(O)C(O)C1O. The second kappa shape index (κ2) is 12.2. The molecule has 0 amide bonds. The highest BCUT2D eigenvalue weighted by atomic mass is 16.7. The Kier molecular flexibility index (Phi) is 8.77. The number of aliphatic hydroxyl groups is 9. The summed E-state index contributed by atoms with van der Waals surface area (Å²) in [5, 5.41) is 101. The Hall–Kier alpha value is -3.22. The summed E-state index contributed by atoms with van der Waals surface area (Å²) in [4.78, 5) is 0. The maximum absolute atomic E-state index is 10.6. The summed E-state index contributed by atoms with van der Waals surface area (Å²) in [6.45, 7) is -1.39. The molecule has 10 N–H and O–H groups in total. The summed E-state index contributed by atoms with van der Waals surface area (Å²) in [7, 11) is 0. The number of aromatic hydroxyl groups is 1. The van der Waals surface area contributed by atoms with E-state index < -0.39 is 80.7 Å². The number of hydrogen-bond acceptors (Lipinski definition) is 15. The van der Waals surface area contributed by atoms with E-state index in [9.17, 15) is 51.1 Å². The molecule has 2 saturated heterocycles. The van der Waals surface area contributed by atoms with Gasteiger partial charge in [-0.3, -0.25) is 0 Å². The van der Waals surface area contributed by atoms with Gasteiger partial charge in [-0.25, -0.2) is 0 Å². The van der Waals surface area contributed by atoms with Crippen molar-refractivity contribution < 1.29 is 74.7 Å². The number of benzene rings is 1. The Morgan fingerprint density at radius 2 is 1.21 bits per heavy atom. The molecule has 0 spiro atoms. The van der Waals surface area contributed by atoms with Crippen LogP contribution in [0, 0.1) is 0 Å². The minimum Gasteiger partial charge on any atom is -0.508 e. The van der Waals surface area contributed by atoms with Crippen LogP contribution in [-0.2, 0) is 23.7 Å². The van der Waals surface area contributed by atoms with Crippen LogP contribution in [0.3, 0.4) is 0 Å². The zero-order valence-corrected chi connectivity index (χ0v) is 21.8. The number of allylic oxidation sites excluding steroid dienone is 2. The zero-order chi connectivity index (χ0) is 30.3. The Labute approximate surface area is 238 Å². The summed E-state index contributed by atoms with van der Waals surface area (Å²) in [5.74, 6) is -0.534. The maximum atomic E-state index is 10.6. The molecule has 1 aliphatic carbocycles. The number of fused-ring (bicyclic) bond motifs is 1. The molecule has 11 atom stereocenters. The topological polar surface area (TPSA) is 248 Å². The predicted octanol–water partition coefficient (Wildman–Crippen LogP) is -2.64. The molecule has 4 aliphatic rings. The summed E-state index contributed by atoms with van der Waals surface area (Å²) < 4.78 is 28.7. The van der Waals surface area contributed by atoms with Crippen LogP contribution in [0.15, 0.2) is 65.3 Å². The molecule has 15 heteroatoms. The molecule has 11 unspecified atom stereocenters. The molecule has 0 radical (unpaired) electrons. The van der Waals surface area contributed by atoms with E-state index in [1.54, 1.807) is 0 Å². The first-order chi connectivity index (χ1) is 20.0. The van der Waals surface area contributed by atoms with Crippen LogP contribution in [0.4, 0.5) is 0 Å². The van der Waals surface area contributed by atoms with E-state index in [0.717, 1.165) is 6.08 Å². The average Bonchev–Trinajstić information content (AvgIpc) is 2.98. The summed E-state index contributed by atoms with van der Waals surface area (Å²) in [6, 6.07) is 5.73. The van der Waals surface area contributed by atoms with Crippen molar-refractivity contribution in [2.75, 3.05) is 13.2 Å². The Morgan fingerprint density at radius 3 is 1.76 bits per heavy atom. The number of phenolic OH excluding ortho intramolecular Hbond substituents is 1. The van der Waals surface area contributed by atoms with Gasteiger partial charge in [0.1, 0.15) is 72.2 Å². The van der Waals surface area contributed by atoms with Crippen molar-refractivity contribution in [1.29, 1.82) is 0 Å². The standard InChI is InChI=1S/C27H32O15/c28-8-17-19(32)21(34)23(36)26(41-17)39-15-6-12(31)5-14-13(15)7-16(25(38-14)10-1-3-11(30)4-2-10)40-27-24(37)22(35)20(33)18(9-29)42-27/h1-7,14,17-24,26-37H,8-9H2. The lowest BCUT2D eigenvalue weighted by Crippen LogP contribution is -2.59. The highest BCUT2D eigenvalue weighted by molar-refractivity contribution is 5.68. The van der Waals surface area contributed by atoms with Crippen LogP contribution in [-0.4, -0.2) is 132 Å². The second-order valence-electron chi connectivity index (χ2n) is 10.1. The van der Waals surface area contributed by atoms with E-state index in [4.69, 9.17) is 23.7 Å². The number of hydrogen-bond donors (Lipinski definition) is 10. The van der Waals surface area contributed by atoms with Crippen molar-refractivity contribution in [2.45, 2.75) is 67.5 Å². The summed E-state index contributed by atoms with van der Waals surface area (Å²) in [5.41, 5.74) is 0.563. The Morgan fingerprint density at radius 1 is 0.667 bits per heavy atom. The fraction of sp³-hybridized carbons (Fsp3) is 0.481. The first-order valence-electron chi connectivity index (χ1n) is 13.0. The predicted molar refractivity (Wildman–Crippen MR) is 136 cm³/mol. The van der Waals surface area contributed by atoms with Crippen molar-refractivity contribution in [1.82, 2.24) is 0 Å². The van der Waals surface area contributed by atoms with Gasteiger partial charge in [-0.1, -0.05) is 0 Å². The van der Waals surface area contributed by atoms with Crippen molar-refractivity contribution in [3.63, 3.8) is 0 Å². The molecule has 2 fully saturated rings. The number of ether oxygens (including phenoxy) is 5. The first kappa shape index (κ1) is 30.2. The van der Waals surface area contributed by atoms with E-state index in [0.29, 0.717) is 5.56 Å². The monoisotopic (exact) mass is 596 g/mol. The third kappa shape index (κ3) is 5.71. The van der Waals surface area contributed by atoms with Gasteiger partial charge in [-0.15, -0.1) is 0 Å². The summed E-state index contributed by atoms with van der Waals surface area (Å²) in [6.07, 6.45) is -13.1. The van der Waals surface area contributed by atoms with Gasteiger partial charge in [0.25, 0.3) is 0 Å². The minimum absolute atomic E-state index is 0.0406. The second-order valence-corrected chi connectivity index (χ2v) is 10.1. The molecule has 230 valence electrons. The maximum Gasteiger partial charge on any atom is 0.229 e. The lowest BCUT2D eigenvalue weighted by Gasteiger charge is -2.41. The highest BCUT2D eigenvalue weighted by Gasteiger charge is 2.47. The lowest BCUT2D eigenvalue weighted by molar-refractivity contribution is -0.291. The van der Waals surface area contributed by atoms with Crippen LogP contribution in [0.2, 0.25) is 0 Å². The van der Waals surface area contributed by atoms with Gasteiger partial charge in [0.05, 0.1) is 13.2 Å². The molecule has 0 bridgehead atoms. The van der Waals surface area contributed by atoms with Gasteiger partial charge >= 0.3 is 0 Å². The van der Waals surface area contributed by atoms with E-state index in [2.05, 4.69) is 0 Å². The van der Waals surface area contributed by atoms with Gasteiger partial charge in [0.15, 0.2) is 11.5 Å². The fourth-order valence-corrected chi connectivity index (χ4v) is 4.89. The van der Waals surface area contributed by atoms with E-state index in [-0.39, 0.29) is 34.4 Å². The number of rotatable bonds is 7. The molecular formula is C27H32O15. The van der Waals surface area contributed by atoms with Crippen LogP contribution < -0.4 is 0 Å². The molecule has 0 aromatic heterocycles. The van der Waals surface area contributed by atoms with Gasteiger partial charge in [-0.05, 0) is 30.3 Å². The molecule has 1 aromatic rings. The molecule has 3 heterocycles. The highest BCUT2D eigenvalue weighted by Crippen LogP contribution is 2.40. The quantitative estimate of drug-likeness (QED) is 0.154. The number of aliphatic hydroxyl groups excluding tert-OH is 9. The van der Waals surface area contributed by atoms with Gasteiger partial charge in [-0.2, -0.15) is 0 Å². The molecule has 1 aromatic carbocycles. The van der Waals surface area contributed by atoms with E-state index in [1.807, 2.05) is 0 Å². The molecule has 15 nitrogen and oxygen atoms in total. The van der Waals surface area contributed by atoms with E-state index in [1.165, 1.54) is 36.4 Å². The van der Waals surface area contributed by atoms with Crippen LogP contribution in [0.1, 0.15) is 5.56 Å². The van der Waals surface area contributed by atoms with Gasteiger partial charge < -0.3 is 74.7 Å². The summed E-state index contributed by atoms with van der Waals surface area (Å²) >= 11 is 0. The van der Waals surface area contributed by atoms with Gasteiger partial charge in [0, 0.05) is 23.3 Å². The van der Waals surface area contributed by atoms with E-state index >= 15 is 0 Å². The average molecular weight is 597 g/mol. The van der Waals surface area contributed by atoms with Crippen molar-refractivity contribution >= 4 is 5.76 Å². The fourth-order valence-electron chi connectivity index (χ4n) is 4.89. The van der Waals surface area contributed by atoms with Crippen LogP contribution in [0.5, 0.6) is 5.75 Å². The lowest BCUT2D eigenvalue weighted by atomic mass is 9.96. The van der Waals surface area contributed by atoms with Crippen molar-refractivity contribution in [2.24, 2.45) is 0 Å². The minimum atomic E-state index is -1.76. The number of phenols is 1. The molecule has 42 heavy (non-hydrogen) atoms. The van der Waals surface area contributed by atoms with Crippen molar-refractivity contribution in [3.8, 4) is 5.75 Å². The Balaban J connectivity index is 1.51. The largest absolute Gasteiger partial charge is 0.508 e. The van der Waals surface area contributed by atoms with Gasteiger partial charge in [0.2, 0.25) is 12.6 Å². The normalized spacial score (nSPS) is 38.5. The van der Waals surface area contributed by atoms with Crippen molar-refractivity contribution in [3.05, 3.63) is 70.9 Å². The van der Waals surface area contributed by atoms with Crippen LogP contribution >= 0.6 is 0 Å². The smallest absolute Gasteiger partial charge is 0.229 e. The third-order valence-electron chi connectivity index (χ3n) is 7.26. The molecular weight excluding hydrogens is 564 g/mol. The van der Waals surface area contributed by atoms with Crippen LogP contribution in [0.25, 0.3) is 5.76 Å². The molecule has 3 aliphatic heterocycles. The zero-order valence-electron chi connectivity index (χ0n) is 21.8. The molecule has 0 saturated carbocycles. The Bertz CT molecular complexity index is 1250. The molecule has 5 rings (SSSR count).